The van der Waals surface area contributed by atoms with Gasteiger partial charge in [-0.1, -0.05) is 18.2 Å². The highest BCUT2D eigenvalue weighted by molar-refractivity contribution is 7.98. The molecule has 27 heavy (non-hydrogen) atoms. The number of fused-ring (bicyclic) bond motifs is 1. The number of pyridine rings is 2. The maximum absolute atomic E-state index is 12.7. The molecule has 3 heterocycles. The molecule has 0 unspecified atom stereocenters. The summed E-state index contributed by atoms with van der Waals surface area (Å²) in [6, 6.07) is 17.3. The molecule has 0 saturated heterocycles. The Hall–Kier alpha value is -3.12. The van der Waals surface area contributed by atoms with Crippen LogP contribution in [0.15, 0.2) is 78.1 Å². The zero-order valence-electron chi connectivity index (χ0n) is 14.8. The molecule has 1 amide bonds. The summed E-state index contributed by atoms with van der Waals surface area (Å²) >= 11 is 1.60. The number of imidazole rings is 1. The first kappa shape index (κ1) is 17.3. The van der Waals surface area contributed by atoms with Crippen LogP contribution in [0.25, 0.3) is 5.65 Å². The summed E-state index contributed by atoms with van der Waals surface area (Å²) in [6.07, 6.45) is 5.68. The van der Waals surface area contributed by atoms with Gasteiger partial charge in [-0.2, -0.15) is 0 Å². The maximum atomic E-state index is 12.7. The second-order valence-electron chi connectivity index (χ2n) is 6.16. The van der Waals surface area contributed by atoms with Gasteiger partial charge < -0.3 is 9.72 Å². The van der Waals surface area contributed by atoms with Gasteiger partial charge >= 0.3 is 0 Å². The number of aryl methyl sites for hydroxylation is 1. The van der Waals surface area contributed by atoms with Gasteiger partial charge in [0.15, 0.2) is 0 Å². The lowest BCUT2D eigenvalue weighted by Crippen LogP contribution is -2.14. The van der Waals surface area contributed by atoms with E-state index in [0.717, 1.165) is 21.8 Å². The fraction of sp³-hybridized carbons (Fsp3) is 0.0952. The number of thioether (sulfide) groups is 1. The lowest BCUT2D eigenvalue weighted by Gasteiger charge is -2.09. The number of nitrogens with zero attached hydrogens (tertiary/aromatic N) is 3. The highest BCUT2D eigenvalue weighted by Crippen LogP contribution is 2.27. The first-order valence-corrected chi connectivity index (χ1v) is 9.56. The Kier molecular flexibility index (Phi) is 4.89. The zero-order valence-corrected chi connectivity index (χ0v) is 15.6. The quantitative estimate of drug-likeness (QED) is 0.519. The topological polar surface area (TPSA) is 59.3 Å². The molecule has 0 spiro atoms. The highest BCUT2D eigenvalue weighted by atomic mass is 32.2. The predicted octanol–water partition coefficient (Wildman–Crippen LogP) is 4.58. The minimum atomic E-state index is -0.161. The molecule has 0 aliphatic carbocycles. The van der Waals surface area contributed by atoms with Gasteiger partial charge in [-0.3, -0.25) is 4.79 Å². The van der Waals surface area contributed by atoms with Crippen molar-refractivity contribution in [2.45, 2.75) is 17.6 Å². The van der Waals surface area contributed by atoms with E-state index in [2.05, 4.69) is 15.3 Å². The molecular weight excluding hydrogens is 356 g/mol. The first-order valence-electron chi connectivity index (χ1n) is 8.57. The Bertz CT molecular complexity index is 1070. The second-order valence-corrected chi connectivity index (χ2v) is 7.17. The number of hydrogen-bond donors (Lipinski definition) is 1. The molecule has 0 aliphatic rings. The van der Waals surface area contributed by atoms with Crippen LogP contribution in [0.1, 0.15) is 21.6 Å². The van der Waals surface area contributed by atoms with Gasteiger partial charge in [-0.15, -0.1) is 11.8 Å². The lowest BCUT2D eigenvalue weighted by atomic mass is 10.2. The van der Waals surface area contributed by atoms with E-state index < -0.39 is 0 Å². The number of carbonyl (C=O) groups excluding carboxylic acids is 1. The van der Waals surface area contributed by atoms with Crippen LogP contribution in [0.4, 0.5) is 5.82 Å². The molecule has 0 aliphatic heterocycles. The molecule has 4 rings (SSSR count). The molecule has 3 aromatic heterocycles. The molecular formula is C21H18N4OS. The monoisotopic (exact) mass is 374 g/mol. The summed E-state index contributed by atoms with van der Waals surface area (Å²) in [7, 11) is 0. The van der Waals surface area contributed by atoms with Gasteiger partial charge in [0.05, 0.1) is 11.3 Å². The fourth-order valence-electron chi connectivity index (χ4n) is 2.78. The van der Waals surface area contributed by atoms with Crippen LogP contribution >= 0.6 is 11.8 Å². The van der Waals surface area contributed by atoms with Crippen molar-refractivity contribution in [1.29, 1.82) is 0 Å². The van der Waals surface area contributed by atoms with Gasteiger partial charge in [-0.25, -0.2) is 9.97 Å². The number of benzene rings is 1. The van der Waals surface area contributed by atoms with Crippen molar-refractivity contribution in [2.75, 3.05) is 5.32 Å². The third-order valence-corrected chi connectivity index (χ3v) is 5.19. The molecule has 134 valence electrons. The predicted molar refractivity (Wildman–Crippen MR) is 108 cm³/mol. The standard InChI is InChI=1S/C21H18N4OS/c1-15-9-10-22-19(12-15)24-21(26)17-6-2-3-7-18(17)27-14-16-13-25-11-5-4-8-20(25)23-16/h2-13H,14H2,1H3,(H,22,24,26). The van der Waals surface area contributed by atoms with Crippen LogP contribution in [-0.2, 0) is 5.75 Å². The summed E-state index contributed by atoms with van der Waals surface area (Å²) in [5.41, 5.74) is 3.58. The van der Waals surface area contributed by atoms with Crippen molar-refractivity contribution >= 4 is 29.1 Å². The van der Waals surface area contributed by atoms with Crippen molar-refractivity contribution in [3.63, 3.8) is 0 Å². The van der Waals surface area contributed by atoms with Crippen LogP contribution in [0.3, 0.4) is 0 Å². The third-order valence-electron chi connectivity index (χ3n) is 4.08. The molecule has 4 aromatic rings. The van der Waals surface area contributed by atoms with E-state index >= 15 is 0 Å². The Labute approximate surface area is 161 Å². The van der Waals surface area contributed by atoms with E-state index in [-0.39, 0.29) is 5.91 Å². The van der Waals surface area contributed by atoms with Gasteiger partial charge in [-0.05, 0) is 48.9 Å². The highest BCUT2D eigenvalue weighted by Gasteiger charge is 2.13. The number of rotatable bonds is 5. The van der Waals surface area contributed by atoms with Crippen LogP contribution in [-0.4, -0.2) is 20.3 Å². The van der Waals surface area contributed by atoms with Gasteiger partial charge in [0.25, 0.3) is 5.91 Å². The first-order chi connectivity index (χ1) is 13.2. The van der Waals surface area contributed by atoms with Crippen molar-refractivity contribution in [2.24, 2.45) is 0 Å². The molecule has 0 saturated carbocycles. The number of aromatic nitrogens is 3. The van der Waals surface area contributed by atoms with Crippen molar-refractivity contribution in [1.82, 2.24) is 14.4 Å². The number of hydrogen-bond acceptors (Lipinski definition) is 4. The number of amides is 1. The van der Waals surface area contributed by atoms with Gasteiger partial charge in [0.1, 0.15) is 11.5 Å². The van der Waals surface area contributed by atoms with E-state index in [1.54, 1.807) is 18.0 Å². The van der Waals surface area contributed by atoms with Crippen LogP contribution < -0.4 is 5.32 Å². The average molecular weight is 374 g/mol. The fourth-order valence-corrected chi connectivity index (χ4v) is 3.71. The number of anilines is 1. The van der Waals surface area contributed by atoms with E-state index in [1.165, 1.54) is 0 Å². The largest absolute Gasteiger partial charge is 0.307 e. The molecule has 6 heteroatoms. The van der Waals surface area contributed by atoms with E-state index in [9.17, 15) is 4.79 Å². The van der Waals surface area contributed by atoms with E-state index in [1.807, 2.05) is 78.3 Å². The third kappa shape index (κ3) is 4.01. The normalized spacial score (nSPS) is 10.9. The molecule has 0 radical (unpaired) electrons. The molecule has 0 atom stereocenters. The SMILES string of the molecule is Cc1ccnc(NC(=O)c2ccccc2SCc2cn3ccccc3n2)c1. The van der Waals surface area contributed by atoms with Crippen molar-refractivity contribution < 1.29 is 4.79 Å². The summed E-state index contributed by atoms with van der Waals surface area (Å²) in [4.78, 5) is 22.4. The zero-order chi connectivity index (χ0) is 18.6. The number of carbonyl (C=O) groups is 1. The van der Waals surface area contributed by atoms with E-state index in [0.29, 0.717) is 17.1 Å². The summed E-state index contributed by atoms with van der Waals surface area (Å²) in [5, 5.41) is 2.88. The number of nitrogens with one attached hydrogen (secondary N) is 1. The van der Waals surface area contributed by atoms with Gasteiger partial charge in [0.2, 0.25) is 0 Å². The Morgan fingerprint density at radius 2 is 2.00 bits per heavy atom. The second kappa shape index (κ2) is 7.63. The minimum absolute atomic E-state index is 0.161. The summed E-state index contributed by atoms with van der Waals surface area (Å²) in [5.74, 6) is 1.08. The summed E-state index contributed by atoms with van der Waals surface area (Å²) < 4.78 is 2.00. The molecule has 5 nitrogen and oxygen atoms in total. The van der Waals surface area contributed by atoms with Crippen molar-refractivity contribution in [3.8, 4) is 0 Å². The van der Waals surface area contributed by atoms with Crippen LogP contribution in [0.5, 0.6) is 0 Å². The summed E-state index contributed by atoms with van der Waals surface area (Å²) in [6.45, 7) is 1.97. The maximum Gasteiger partial charge on any atom is 0.257 e. The Balaban J connectivity index is 1.51. The molecule has 1 N–H and O–H groups in total. The minimum Gasteiger partial charge on any atom is -0.307 e. The van der Waals surface area contributed by atoms with Crippen LogP contribution in [0.2, 0.25) is 0 Å². The molecule has 1 aromatic carbocycles. The Morgan fingerprint density at radius 3 is 2.85 bits per heavy atom. The van der Waals surface area contributed by atoms with E-state index in [4.69, 9.17) is 0 Å². The molecule has 0 bridgehead atoms. The molecule has 0 fully saturated rings. The average Bonchev–Trinajstić information content (AvgIpc) is 3.09. The van der Waals surface area contributed by atoms with Gasteiger partial charge in [0, 0.05) is 29.2 Å². The smallest absolute Gasteiger partial charge is 0.257 e. The lowest BCUT2D eigenvalue weighted by molar-refractivity contribution is 0.102. The Morgan fingerprint density at radius 1 is 1.15 bits per heavy atom. The van der Waals surface area contributed by atoms with Crippen LogP contribution in [0, 0.1) is 6.92 Å². The van der Waals surface area contributed by atoms with Crippen molar-refractivity contribution in [3.05, 3.63) is 90.0 Å².